The maximum atomic E-state index is 13.4. The SMILES string of the molecule is CCCS(=O)(=O)NCCOc1ccc2nnc(-c3cccc(F)c3)n2n1. The summed E-state index contributed by atoms with van der Waals surface area (Å²) in [4.78, 5) is 0. The molecule has 3 rings (SSSR count). The van der Waals surface area contributed by atoms with Gasteiger partial charge in [-0.05, 0) is 24.6 Å². The van der Waals surface area contributed by atoms with Gasteiger partial charge in [0.15, 0.2) is 11.5 Å². The van der Waals surface area contributed by atoms with Crippen molar-refractivity contribution in [3.8, 4) is 17.3 Å². The molecular formula is C16H18FN5O3S. The summed E-state index contributed by atoms with van der Waals surface area (Å²) in [5.41, 5.74) is 1.02. The quantitative estimate of drug-likeness (QED) is 0.598. The van der Waals surface area contributed by atoms with Crippen LogP contribution in [0.25, 0.3) is 17.0 Å². The van der Waals surface area contributed by atoms with E-state index in [0.717, 1.165) is 0 Å². The molecule has 0 spiro atoms. The van der Waals surface area contributed by atoms with Gasteiger partial charge in [-0.1, -0.05) is 19.1 Å². The molecular weight excluding hydrogens is 361 g/mol. The van der Waals surface area contributed by atoms with Crippen LogP contribution in [-0.4, -0.2) is 47.1 Å². The number of benzene rings is 1. The first kappa shape index (κ1) is 18.2. The Morgan fingerprint density at radius 3 is 2.85 bits per heavy atom. The first-order valence-electron chi connectivity index (χ1n) is 8.07. The van der Waals surface area contributed by atoms with Gasteiger partial charge in [0.25, 0.3) is 0 Å². The van der Waals surface area contributed by atoms with Crippen molar-refractivity contribution in [3.63, 3.8) is 0 Å². The fourth-order valence-corrected chi connectivity index (χ4v) is 3.43. The summed E-state index contributed by atoms with van der Waals surface area (Å²) in [6, 6.07) is 9.24. The average Bonchev–Trinajstić information content (AvgIpc) is 3.02. The molecule has 2 heterocycles. The number of nitrogens with zero attached hydrogens (tertiary/aromatic N) is 4. The molecule has 2 aromatic heterocycles. The molecule has 0 bridgehead atoms. The summed E-state index contributed by atoms with van der Waals surface area (Å²) in [7, 11) is -3.27. The number of sulfonamides is 1. The van der Waals surface area contributed by atoms with E-state index < -0.39 is 10.0 Å². The van der Waals surface area contributed by atoms with Crippen LogP contribution in [0.1, 0.15) is 13.3 Å². The minimum Gasteiger partial charge on any atom is -0.475 e. The summed E-state index contributed by atoms with van der Waals surface area (Å²) in [5.74, 6) is 0.360. The number of rotatable bonds is 8. The van der Waals surface area contributed by atoms with E-state index in [9.17, 15) is 12.8 Å². The van der Waals surface area contributed by atoms with E-state index in [0.29, 0.717) is 23.5 Å². The Kier molecular flexibility index (Phi) is 5.43. The van der Waals surface area contributed by atoms with Gasteiger partial charge in [0.2, 0.25) is 15.9 Å². The lowest BCUT2D eigenvalue weighted by Gasteiger charge is -2.07. The number of fused-ring (bicyclic) bond motifs is 1. The minimum atomic E-state index is -3.27. The van der Waals surface area contributed by atoms with Crippen molar-refractivity contribution in [1.82, 2.24) is 24.5 Å². The number of hydrogen-bond acceptors (Lipinski definition) is 6. The van der Waals surface area contributed by atoms with Crippen LogP contribution in [0.4, 0.5) is 4.39 Å². The third kappa shape index (κ3) is 4.33. The van der Waals surface area contributed by atoms with E-state index in [4.69, 9.17) is 4.74 Å². The van der Waals surface area contributed by atoms with Crippen molar-refractivity contribution in [2.45, 2.75) is 13.3 Å². The third-order valence-electron chi connectivity index (χ3n) is 3.47. The molecule has 138 valence electrons. The zero-order chi connectivity index (χ0) is 18.6. The molecule has 1 N–H and O–H groups in total. The molecule has 0 unspecified atom stereocenters. The highest BCUT2D eigenvalue weighted by Gasteiger charge is 2.12. The van der Waals surface area contributed by atoms with Crippen LogP contribution in [0.5, 0.6) is 5.88 Å². The predicted molar refractivity (Wildman–Crippen MR) is 93.8 cm³/mol. The average molecular weight is 379 g/mol. The Bertz CT molecular complexity index is 1010. The van der Waals surface area contributed by atoms with Crippen LogP contribution in [0.15, 0.2) is 36.4 Å². The van der Waals surface area contributed by atoms with Crippen molar-refractivity contribution >= 4 is 15.7 Å². The molecule has 0 aliphatic carbocycles. The van der Waals surface area contributed by atoms with Gasteiger partial charge >= 0.3 is 0 Å². The summed E-state index contributed by atoms with van der Waals surface area (Å²) in [6.07, 6.45) is 0.547. The van der Waals surface area contributed by atoms with Gasteiger partial charge in [0.05, 0.1) is 5.75 Å². The molecule has 0 radical (unpaired) electrons. The molecule has 0 amide bonds. The zero-order valence-corrected chi connectivity index (χ0v) is 14.9. The fourth-order valence-electron chi connectivity index (χ4n) is 2.35. The molecule has 0 fully saturated rings. The van der Waals surface area contributed by atoms with Gasteiger partial charge in [-0.2, -0.15) is 4.52 Å². The van der Waals surface area contributed by atoms with Gasteiger partial charge in [-0.15, -0.1) is 15.3 Å². The zero-order valence-electron chi connectivity index (χ0n) is 14.1. The molecule has 3 aromatic rings. The molecule has 10 heteroatoms. The molecule has 0 saturated carbocycles. The summed E-state index contributed by atoms with van der Waals surface area (Å²) >= 11 is 0. The lowest BCUT2D eigenvalue weighted by atomic mass is 10.2. The van der Waals surface area contributed by atoms with Crippen LogP contribution in [-0.2, 0) is 10.0 Å². The standard InChI is InChI=1S/C16H18FN5O3S/c1-2-10-26(23,24)18-8-9-25-15-7-6-14-19-20-16(22(14)21-15)12-4-3-5-13(17)11-12/h3-7,11,18H,2,8-10H2,1H3. The smallest absolute Gasteiger partial charge is 0.231 e. The Labute approximate surface area is 150 Å². The Balaban J connectivity index is 1.72. The van der Waals surface area contributed by atoms with Crippen molar-refractivity contribution < 1.29 is 17.5 Å². The van der Waals surface area contributed by atoms with E-state index in [-0.39, 0.29) is 30.6 Å². The topological polar surface area (TPSA) is 98.5 Å². The Morgan fingerprint density at radius 2 is 2.08 bits per heavy atom. The van der Waals surface area contributed by atoms with E-state index >= 15 is 0 Å². The van der Waals surface area contributed by atoms with E-state index in [2.05, 4.69) is 20.0 Å². The highest BCUT2D eigenvalue weighted by Crippen LogP contribution is 2.19. The molecule has 26 heavy (non-hydrogen) atoms. The highest BCUT2D eigenvalue weighted by atomic mass is 32.2. The molecule has 8 nitrogen and oxygen atoms in total. The largest absolute Gasteiger partial charge is 0.475 e. The minimum absolute atomic E-state index is 0.0783. The van der Waals surface area contributed by atoms with E-state index in [1.54, 1.807) is 31.2 Å². The van der Waals surface area contributed by atoms with Gasteiger partial charge < -0.3 is 4.74 Å². The molecule has 0 atom stereocenters. The van der Waals surface area contributed by atoms with Crippen LogP contribution >= 0.6 is 0 Å². The maximum Gasteiger partial charge on any atom is 0.231 e. The number of ether oxygens (including phenoxy) is 1. The van der Waals surface area contributed by atoms with Crippen LogP contribution in [0.2, 0.25) is 0 Å². The number of hydrogen-bond donors (Lipinski definition) is 1. The maximum absolute atomic E-state index is 13.4. The fraction of sp³-hybridized carbons (Fsp3) is 0.312. The lowest BCUT2D eigenvalue weighted by molar-refractivity contribution is 0.306. The van der Waals surface area contributed by atoms with Gasteiger partial charge in [0.1, 0.15) is 12.4 Å². The van der Waals surface area contributed by atoms with Crippen molar-refractivity contribution in [2.75, 3.05) is 18.9 Å². The van der Waals surface area contributed by atoms with E-state index in [1.807, 2.05) is 0 Å². The van der Waals surface area contributed by atoms with E-state index in [1.165, 1.54) is 16.6 Å². The second-order valence-corrected chi connectivity index (χ2v) is 7.46. The number of halogens is 1. The molecule has 1 aromatic carbocycles. The van der Waals surface area contributed by atoms with Gasteiger partial charge in [0, 0.05) is 18.2 Å². The second kappa shape index (κ2) is 7.75. The molecule has 0 aliphatic rings. The van der Waals surface area contributed by atoms with Crippen LogP contribution in [0, 0.1) is 5.82 Å². The number of aromatic nitrogens is 4. The first-order chi connectivity index (χ1) is 12.5. The second-order valence-electron chi connectivity index (χ2n) is 5.54. The van der Waals surface area contributed by atoms with Crippen LogP contribution < -0.4 is 9.46 Å². The highest BCUT2D eigenvalue weighted by molar-refractivity contribution is 7.89. The summed E-state index contributed by atoms with van der Waals surface area (Å²) < 4.78 is 46.0. The molecule has 0 saturated heterocycles. The van der Waals surface area contributed by atoms with Gasteiger partial charge in [-0.3, -0.25) is 0 Å². The van der Waals surface area contributed by atoms with Crippen LogP contribution in [0.3, 0.4) is 0 Å². The Hall–Kier alpha value is -2.59. The van der Waals surface area contributed by atoms with Gasteiger partial charge in [-0.25, -0.2) is 17.5 Å². The van der Waals surface area contributed by atoms with Crippen molar-refractivity contribution in [2.24, 2.45) is 0 Å². The predicted octanol–water partition coefficient (Wildman–Crippen LogP) is 1.64. The normalized spacial score (nSPS) is 11.8. The summed E-state index contributed by atoms with van der Waals surface area (Å²) in [5, 5.41) is 12.3. The monoisotopic (exact) mass is 379 g/mol. The first-order valence-corrected chi connectivity index (χ1v) is 9.72. The van der Waals surface area contributed by atoms with Crippen molar-refractivity contribution in [3.05, 3.63) is 42.2 Å². The number of nitrogens with one attached hydrogen (secondary N) is 1. The lowest BCUT2D eigenvalue weighted by Crippen LogP contribution is -2.30. The summed E-state index contributed by atoms with van der Waals surface area (Å²) in [6.45, 7) is 2.06. The molecule has 0 aliphatic heterocycles. The van der Waals surface area contributed by atoms with Crippen molar-refractivity contribution in [1.29, 1.82) is 0 Å². The third-order valence-corrected chi connectivity index (χ3v) is 5.06. The Morgan fingerprint density at radius 1 is 1.23 bits per heavy atom.